The maximum Gasteiger partial charge on any atom is 0.216 e. The SMILES string of the molecule is COC1CC=C(c2nn(C3CCCCO3)cc2CN(C)CCN(C)C(O)OC(C)(C)C)CC12CCCC2. The number of methoxy groups -OCH3 is 1. The van der Waals surface area contributed by atoms with Crippen molar-refractivity contribution in [1.29, 1.82) is 0 Å². The van der Waals surface area contributed by atoms with Crippen LogP contribution < -0.4 is 0 Å². The van der Waals surface area contributed by atoms with Gasteiger partial charge < -0.3 is 24.2 Å². The largest absolute Gasteiger partial charge is 0.381 e. The quantitative estimate of drug-likeness (QED) is 0.447. The Kier molecular flexibility index (Phi) is 9.52. The lowest BCUT2D eigenvalue weighted by Gasteiger charge is -2.40. The molecule has 1 spiro atoms. The fraction of sp³-hybridized carbons (Fsp3) is 0.828. The van der Waals surface area contributed by atoms with Crippen molar-refractivity contribution in [3.05, 3.63) is 23.5 Å². The van der Waals surface area contributed by atoms with Crippen LogP contribution in [0, 0.1) is 5.41 Å². The van der Waals surface area contributed by atoms with E-state index >= 15 is 0 Å². The Morgan fingerprint density at radius 1 is 1.19 bits per heavy atom. The van der Waals surface area contributed by atoms with Crippen LogP contribution in [0.5, 0.6) is 0 Å². The van der Waals surface area contributed by atoms with Gasteiger partial charge in [0.2, 0.25) is 6.41 Å². The molecule has 3 aliphatic rings. The van der Waals surface area contributed by atoms with Gasteiger partial charge in [0.15, 0.2) is 0 Å². The highest BCUT2D eigenvalue weighted by atomic mass is 16.6. The van der Waals surface area contributed by atoms with Gasteiger partial charge in [-0.1, -0.05) is 18.9 Å². The molecule has 3 atom stereocenters. The topological polar surface area (TPSA) is 72.2 Å². The van der Waals surface area contributed by atoms with Crippen LogP contribution in [0.4, 0.5) is 0 Å². The molecule has 1 aromatic rings. The monoisotopic (exact) mass is 518 g/mol. The molecule has 0 aromatic carbocycles. The van der Waals surface area contributed by atoms with E-state index in [9.17, 15) is 5.11 Å². The van der Waals surface area contributed by atoms with Gasteiger partial charge in [-0.05, 0) is 85.4 Å². The zero-order valence-electron chi connectivity index (χ0n) is 24.0. The Bertz CT molecular complexity index is 896. The van der Waals surface area contributed by atoms with Gasteiger partial charge in [-0.3, -0.25) is 4.90 Å². The Hall–Kier alpha value is -1.29. The number of hydrogen-bond acceptors (Lipinski definition) is 7. The average molecular weight is 519 g/mol. The molecule has 1 saturated carbocycles. The van der Waals surface area contributed by atoms with Crippen molar-refractivity contribution in [2.24, 2.45) is 5.41 Å². The standard InChI is InChI=1S/C29H50N4O4/c1-28(2,3)37-27(34)32(5)17-16-31(4)20-23-21-33(25-11-7-10-18-36-25)30-26(23)22-12-13-24(35-6)29(19-22)14-8-9-15-29/h12,21,24-25,27,34H,7-11,13-20H2,1-6H3. The minimum Gasteiger partial charge on any atom is -0.381 e. The van der Waals surface area contributed by atoms with Gasteiger partial charge in [0.05, 0.1) is 17.4 Å². The van der Waals surface area contributed by atoms with E-state index in [4.69, 9.17) is 19.3 Å². The molecule has 0 bridgehead atoms. The van der Waals surface area contributed by atoms with Crippen LogP contribution in [0.15, 0.2) is 12.3 Å². The summed E-state index contributed by atoms with van der Waals surface area (Å²) in [5, 5.41) is 15.6. The number of aromatic nitrogens is 2. The van der Waals surface area contributed by atoms with Gasteiger partial charge >= 0.3 is 0 Å². The Labute approximate surface area is 223 Å². The Morgan fingerprint density at radius 2 is 1.95 bits per heavy atom. The van der Waals surface area contributed by atoms with E-state index in [0.717, 1.165) is 51.1 Å². The van der Waals surface area contributed by atoms with Gasteiger partial charge in [0.1, 0.15) is 6.23 Å². The second-order valence-electron chi connectivity index (χ2n) is 12.5. The first kappa shape index (κ1) is 28.7. The molecule has 37 heavy (non-hydrogen) atoms. The zero-order valence-corrected chi connectivity index (χ0v) is 24.0. The predicted octanol–water partition coefficient (Wildman–Crippen LogP) is 4.79. The third-order valence-corrected chi connectivity index (χ3v) is 8.36. The van der Waals surface area contributed by atoms with E-state index in [1.165, 1.54) is 43.2 Å². The number of rotatable bonds is 10. The normalized spacial score (nSPS) is 25.3. The van der Waals surface area contributed by atoms with Gasteiger partial charge in [-0.25, -0.2) is 4.68 Å². The van der Waals surface area contributed by atoms with Crippen LogP contribution in [-0.2, 0) is 20.8 Å². The molecule has 8 nitrogen and oxygen atoms in total. The summed E-state index contributed by atoms with van der Waals surface area (Å²) in [4.78, 5) is 4.15. The molecule has 4 rings (SSSR count). The number of nitrogens with zero attached hydrogens (tertiary/aromatic N) is 4. The molecule has 0 radical (unpaired) electrons. The average Bonchev–Trinajstić information content (AvgIpc) is 3.49. The number of hydrogen-bond donors (Lipinski definition) is 1. The van der Waals surface area contributed by atoms with Crippen molar-refractivity contribution >= 4 is 5.57 Å². The molecule has 1 aromatic heterocycles. The van der Waals surface area contributed by atoms with E-state index in [-0.39, 0.29) is 11.6 Å². The lowest BCUT2D eigenvalue weighted by Crippen LogP contribution is -2.42. The fourth-order valence-corrected chi connectivity index (χ4v) is 6.28. The first-order valence-corrected chi connectivity index (χ1v) is 14.3. The van der Waals surface area contributed by atoms with Crippen LogP contribution in [0.2, 0.25) is 0 Å². The third-order valence-electron chi connectivity index (χ3n) is 8.36. The van der Waals surface area contributed by atoms with Gasteiger partial charge in [-0.15, -0.1) is 0 Å². The summed E-state index contributed by atoms with van der Waals surface area (Å²) >= 11 is 0. The number of allylic oxidation sites excluding steroid dienone is 1. The van der Waals surface area contributed by atoms with Crippen molar-refractivity contribution in [2.75, 3.05) is 40.9 Å². The van der Waals surface area contributed by atoms with E-state index in [1.807, 2.05) is 39.8 Å². The van der Waals surface area contributed by atoms with Crippen LogP contribution in [0.25, 0.3) is 5.57 Å². The van der Waals surface area contributed by atoms with Gasteiger partial charge in [0, 0.05) is 50.5 Å². The predicted molar refractivity (Wildman–Crippen MR) is 146 cm³/mol. The number of aliphatic hydroxyl groups excluding tert-OH is 1. The first-order valence-electron chi connectivity index (χ1n) is 14.3. The van der Waals surface area contributed by atoms with Crippen molar-refractivity contribution in [2.45, 2.75) is 109 Å². The summed E-state index contributed by atoms with van der Waals surface area (Å²) in [6, 6.07) is 0. The molecular formula is C29H50N4O4. The van der Waals surface area contributed by atoms with Crippen LogP contribution >= 0.6 is 0 Å². The van der Waals surface area contributed by atoms with E-state index in [2.05, 4.69) is 28.9 Å². The zero-order chi connectivity index (χ0) is 26.6. The highest BCUT2D eigenvalue weighted by Crippen LogP contribution is 2.52. The summed E-state index contributed by atoms with van der Waals surface area (Å²) in [5.41, 5.74) is 3.61. The highest BCUT2D eigenvalue weighted by Gasteiger charge is 2.44. The molecule has 1 N–H and O–H groups in total. The second-order valence-corrected chi connectivity index (χ2v) is 12.5. The lowest BCUT2D eigenvalue weighted by molar-refractivity contribution is -0.232. The summed E-state index contributed by atoms with van der Waals surface area (Å²) in [6.07, 6.45) is 14.4. The highest BCUT2D eigenvalue weighted by molar-refractivity contribution is 5.67. The molecule has 3 unspecified atom stereocenters. The fourth-order valence-electron chi connectivity index (χ4n) is 6.28. The minimum absolute atomic E-state index is 0.0266. The van der Waals surface area contributed by atoms with Crippen molar-refractivity contribution in [3.63, 3.8) is 0 Å². The van der Waals surface area contributed by atoms with Crippen LogP contribution in [0.1, 0.15) is 96.0 Å². The molecule has 2 fully saturated rings. The van der Waals surface area contributed by atoms with Crippen molar-refractivity contribution < 1.29 is 19.3 Å². The van der Waals surface area contributed by atoms with E-state index in [1.54, 1.807) is 0 Å². The summed E-state index contributed by atoms with van der Waals surface area (Å²) in [5.74, 6) is 0. The molecule has 210 valence electrons. The number of likely N-dealkylation sites (N-methyl/N-ethyl adjacent to an activating group) is 2. The van der Waals surface area contributed by atoms with Crippen LogP contribution in [0.3, 0.4) is 0 Å². The third kappa shape index (κ3) is 7.22. The first-order chi connectivity index (χ1) is 17.6. The molecular weight excluding hydrogens is 468 g/mol. The van der Waals surface area contributed by atoms with Crippen molar-refractivity contribution in [3.8, 4) is 0 Å². The van der Waals surface area contributed by atoms with Gasteiger partial charge in [-0.2, -0.15) is 5.10 Å². The summed E-state index contributed by atoms with van der Waals surface area (Å²) in [7, 11) is 5.91. The molecule has 2 aliphatic carbocycles. The van der Waals surface area contributed by atoms with Gasteiger partial charge in [0.25, 0.3) is 0 Å². The molecule has 2 heterocycles. The van der Waals surface area contributed by atoms with E-state index in [0.29, 0.717) is 12.6 Å². The molecule has 8 heteroatoms. The summed E-state index contributed by atoms with van der Waals surface area (Å²) in [6.45, 7) is 8.97. The van der Waals surface area contributed by atoms with Crippen molar-refractivity contribution in [1.82, 2.24) is 19.6 Å². The number of ether oxygens (including phenoxy) is 3. The van der Waals surface area contributed by atoms with E-state index < -0.39 is 12.0 Å². The Morgan fingerprint density at radius 3 is 2.59 bits per heavy atom. The molecule has 0 amide bonds. The maximum absolute atomic E-state index is 10.4. The van der Waals surface area contributed by atoms with Crippen LogP contribution in [-0.4, -0.2) is 83.7 Å². The summed E-state index contributed by atoms with van der Waals surface area (Å²) < 4.78 is 19.9. The maximum atomic E-state index is 10.4. The molecule has 1 aliphatic heterocycles. The minimum atomic E-state index is -0.918. The Balaban J connectivity index is 1.49. The lowest BCUT2D eigenvalue weighted by atomic mass is 9.70. The smallest absolute Gasteiger partial charge is 0.216 e. The molecule has 1 saturated heterocycles. The second kappa shape index (κ2) is 12.3. The number of aliphatic hydroxyl groups is 1.